The monoisotopic (exact) mass is 347 g/mol. The smallest absolute Gasteiger partial charge is 0.251 e. The van der Waals surface area contributed by atoms with Crippen LogP contribution >= 0.6 is 0 Å². The predicted molar refractivity (Wildman–Crippen MR) is 106 cm³/mol. The predicted octanol–water partition coefficient (Wildman–Crippen LogP) is 4.90. The second kappa shape index (κ2) is 7.74. The summed E-state index contributed by atoms with van der Waals surface area (Å²) in [7, 11) is 3.18. The van der Waals surface area contributed by atoms with Crippen molar-refractivity contribution < 1.29 is 14.3 Å². The molecule has 0 aliphatic heterocycles. The van der Waals surface area contributed by atoms with Crippen molar-refractivity contribution in [2.24, 2.45) is 0 Å². The Balaban J connectivity index is 1.79. The lowest BCUT2D eigenvalue weighted by Gasteiger charge is -2.09. The van der Waals surface area contributed by atoms with E-state index < -0.39 is 0 Å². The highest BCUT2D eigenvalue weighted by atomic mass is 16.5. The molecule has 3 rings (SSSR count). The summed E-state index contributed by atoms with van der Waals surface area (Å²) in [5.41, 5.74) is 2.24. The summed E-state index contributed by atoms with van der Waals surface area (Å²) in [5, 5.41) is 5.17. The largest absolute Gasteiger partial charge is 0.493 e. The third-order valence-corrected chi connectivity index (χ3v) is 4.16. The summed E-state index contributed by atoms with van der Waals surface area (Å²) in [6.45, 7) is 1.78. The lowest BCUT2D eigenvalue weighted by Crippen LogP contribution is -2.12. The molecule has 4 heteroatoms. The molecule has 0 atom stereocenters. The fraction of sp³-hybridized carbons (Fsp3) is 0.136. The number of hydrogen-bond acceptors (Lipinski definition) is 3. The van der Waals surface area contributed by atoms with Gasteiger partial charge in [0.05, 0.1) is 14.2 Å². The Bertz CT molecular complexity index is 976. The topological polar surface area (TPSA) is 47.6 Å². The second-order valence-corrected chi connectivity index (χ2v) is 5.96. The molecule has 0 saturated heterocycles. The number of rotatable bonds is 5. The molecule has 1 N–H and O–H groups in total. The van der Waals surface area contributed by atoms with Crippen LogP contribution in [0, 0.1) is 0 Å². The van der Waals surface area contributed by atoms with Gasteiger partial charge in [-0.2, -0.15) is 0 Å². The van der Waals surface area contributed by atoms with Gasteiger partial charge in [-0.25, -0.2) is 0 Å². The van der Waals surface area contributed by atoms with Crippen molar-refractivity contribution in [1.29, 1.82) is 0 Å². The third-order valence-electron chi connectivity index (χ3n) is 4.16. The van der Waals surface area contributed by atoms with Gasteiger partial charge in [-0.15, -0.1) is 0 Å². The average molecular weight is 347 g/mol. The molecule has 0 spiro atoms. The van der Waals surface area contributed by atoms with Gasteiger partial charge in [0.15, 0.2) is 11.5 Å². The molecule has 0 radical (unpaired) electrons. The molecular formula is C22H21NO3. The Morgan fingerprint density at radius 2 is 1.62 bits per heavy atom. The van der Waals surface area contributed by atoms with Crippen LogP contribution in [0.2, 0.25) is 0 Å². The minimum Gasteiger partial charge on any atom is -0.493 e. The molecule has 0 unspecified atom stereocenters. The summed E-state index contributed by atoms with van der Waals surface area (Å²) >= 11 is 0. The molecule has 3 aromatic rings. The van der Waals surface area contributed by atoms with E-state index in [0.29, 0.717) is 17.1 Å². The van der Waals surface area contributed by atoms with Crippen LogP contribution in [0.25, 0.3) is 16.8 Å². The molecule has 0 fully saturated rings. The van der Waals surface area contributed by atoms with Gasteiger partial charge in [-0.05, 0) is 53.6 Å². The maximum absolute atomic E-state index is 12.5. The quantitative estimate of drug-likeness (QED) is 0.668. The molecule has 3 aromatic carbocycles. The number of carbonyl (C=O) groups excluding carboxylic acids is 1. The molecule has 132 valence electrons. The van der Waals surface area contributed by atoms with E-state index in [-0.39, 0.29) is 5.91 Å². The normalized spacial score (nSPS) is 11.3. The first kappa shape index (κ1) is 17.5. The Morgan fingerprint density at radius 1 is 0.885 bits per heavy atom. The molecule has 0 saturated carbocycles. The highest BCUT2D eigenvalue weighted by molar-refractivity contribution is 6.07. The number of amides is 1. The van der Waals surface area contributed by atoms with E-state index in [2.05, 4.69) is 5.32 Å². The first-order chi connectivity index (χ1) is 12.6. The zero-order valence-electron chi connectivity index (χ0n) is 15.1. The highest BCUT2D eigenvalue weighted by Gasteiger charge is 2.08. The summed E-state index contributed by atoms with van der Waals surface area (Å²) in [6, 6.07) is 19.5. The van der Waals surface area contributed by atoms with Crippen LogP contribution < -0.4 is 14.8 Å². The summed E-state index contributed by atoms with van der Waals surface area (Å²) < 4.78 is 10.5. The number of benzene rings is 3. The van der Waals surface area contributed by atoms with E-state index in [1.807, 2.05) is 66.7 Å². The Labute approximate surface area is 153 Å². The van der Waals surface area contributed by atoms with Crippen LogP contribution in [-0.4, -0.2) is 20.1 Å². The van der Waals surface area contributed by atoms with Crippen LogP contribution in [0.5, 0.6) is 11.5 Å². The summed E-state index contributed by atoms with van der Waals surface area (Å²) in [4.78, 5) is 12.5. The standard InChI is InChI=1S/C22H21NO3/c1-15(12-16-8-11-20(25-2)21(13-16)26-3)22(24)23-19-10-9-17-6-4-5-7-18(17)14-19/h4-14H,1-3H3,(H,23,24)/b15-12+. The lowest BCUT2D eigenvalue weighted by atomic mass is 10.1. The van der Waals surface area contributed by atoms with Gasteiger partial charge in [0.2, 0.25) is 0 Å². The van der Waals surface area contributed by atoms with E-state index >= 15 is 0 Å². The second-order valence-electron chi connectivity index (χ2n) is 5.96. The highest BCUT2D eigenvalue weighted by Crippen LogP contribution is 2.28. The van der Waals surface area contributed by atoms with Crippen LogP contribution in [0.4, 0.5) is 5.69 Å². The fourth-order valence-corrected chi connectivity index (χ4v) is 2.75. The van der Waals surface area contributed by atoms with Gasteiger partial charge in [0.25, 0.3) is 5.91 Å². The molecule has 0 aliphatic rings. The molecule has 0 aliphatic carbocycles. The van der Waals surface area contributed by atoms with E-state index in [1.54, 1.807) is 21.1 Å². The van der Waals surface area contributed by atoms with Crippen molar-refractivity contribution in [3.63, 3.8) is 0 Å². The van der Waals surface area contributed by atoms with Gasteiger partial charge < -0.3 is 14.8 Å². The molecule has 0 heterocycles. The number of anilines is 1. The van der Waals surface area contributed by atoms with Gasteiger partial charge in [-0.1, -0.05) is 36.4 Å². The molecule has 0 aromatic heterocycles. The summed E-state index contributed by atoms with van der Waals surface area (Å²) in [6.07, 6.45) is 1.82. The van der Waals surface area contributed by atoms with E-state index in [1.165, 1.54) is 0 Å². The SMILES string of the molecule is COc1ccc(/C=C(\C)C(=O)Nc2ccc3ccccc3c2)cc1OC. The first-order valence-corrected chi connectivity index (χ1v) is 8.31. The Hall–Kier alpha value is -3.27. The average Bonchev–Trinajstić information content (AvgIpc) is 2.67. The summed E-state index contributed by atoms with van der Waals surface area (Å²) in [5.74, 6) is 1.14. The van der Waals surface area contributed by atoms with Crippen LogP contribution in [0.1, 0.15) is 12.5 Å². The maximum atomic E-state index is 12.5. The number of ether oxygens (including phenoxy) is 2. The number of hydrogen-bond donors (Lipinski definition) is 1. The van der Waals surface area contributed by atoms with E-state index in [4.69, 9.17) is 9.47 Å². The first-order valence-electron chi connectivity index (χ1n) is 8.31. The van der Waals surface area contributed by atoms with Gasteiger partial charge in [-0.3, -0.25) is 4.79 Å². The van der Waals surface area contributed by atoms with Crippen molar-refractivity contribution in [2.45, 2.75) is 6.92 Å². The van der Waals surface area contributed by atoms with Crippen LogP contribution in [0.3, 0.4) is 0 Å². The fourth-order valence-electron chi connectivity index (χ4n) is 2.75. The molecule has 4 nitrogen and oxygen atoms in total. The molecular weight excluding hydrogens is 326 g/mol. The number of nitrogens with one attached hydrogen (secondary N) is 1. The Kier molecular flexibility index (Phi) is 5.23. The van der Waals surface area contributed by atoms with Gasteiger partial charge >= 0.3 is 0 Å². The van der Waals surface area contributed by atoms with Crippen LogP contribution in [-0.2, 0) is 4.79 Å². The maximum Gasteiger partial charge on any atom is 0.251 e. The lowest BCUT2D eigenvalue weighted by molar-refractivity contribution is -0.112. The van der Waals surface area contributed by atoms with Crippen molar-refractivity contribution in [3.8, 4) is 11.5 Å². The van der Waals surface area contributed by atoms with Gasteiger partial charge in [0, 0.05) is 11.3 Å². The van der Waals surface area contributed by atoms with Crippen molar-refractivity contribution >= 4 is 28.4 Å². The van der Waals surface area contributed by atoms with Crippen molar-refractivity contribution in [3.05, 3.63) is 71.8 Å². The third kappa shape index (κ3) is 3.86. The minimum atomic E-state index is -0.143. The number of carbonyl (C=O) groups is 1. The Morgan fingerprint density at radius 3 is 2.35 bits per heavy atom. The minimum absolute atomic E-state index is 0.143. The molecule has 0 bridgehead atoms. The molecule has 1 amide bonds. The van der Waals surface area contributed by atoms with Crippen molar-refractivity contribution in [1.82, 2.24) is 0 Å². The number of methoxy groups -OCH3 is 2. The van der Waals surface area contributed by atoms with E-state index in [9.17, 15) is 4.79 Å². The van der Waals surface area contributed by atoms with Crippen molar-refractivity contribution in [2.75, 3.05) is 19.5 Å². The molecule has 26 heavy (non-hydrogen) atoms. The number of fused-ring (bicyclic) bond motifs is 1. The van der Waals surface area contributed by atoms with Gasteiger partial charge in [0.1, 0.15) is 0 Å². The van der Waals surface area contributed by atoms with Crippen LogP contribution in [0.15, 0.2) is 66.2 Å². The van der Waals surface area contributed by atoms with E-state index in [0.717, 1.165) is 22.0 Å². The zero-order valence-corrected chi connectivity index (χ0v) is 15.1. The zero-order chi connectivity index (χ0) is 18.5.